The predicted molar refractivity (Wildman–Crippen MR) is 37.6 cm³/mol. The van der Waals surface area contributed by atoms with Crippen LogP contribution < -0.4 is 5.73 Å². The van der Waals surface area contributed by atoms with Gasteiger partial charge < -0.3 is 5.73 Å². The molecule has 0 radical (unpaired) electrons. The minimum atomic E-state index is 0.0509. The van der Waals surface area contributed by atoms with E-state index in [1.165, 1.54) is 0 Å². The number of nitrogens with zero attached hydrogens (tertiary/aromatic N) is 1. The van der Waals surface area contributed by atoms with Crippen LogP contribution in [0.5, 0.6) is 0 Å². The van der Waals surface area contributed by atoms with Crippen LogP contribution in [0.4, 0.5) is 0 Å². The van der Waals surface area contributed by atoms with Crippen LogP contribution in [0.3, 0.4) is 0 Å². The van der Waals surface area contributed by atoms with E-state index in [1.807, 2.05) is 0 Å². The first kappa shape index (κ1) is 8.45. The molecule has 0 aliphatic carbocycles. The number of nitriles is 1. The molecule has 0 aromatic heterocycles. The summed E-state index contributed by atoms with van der Waals surface area (Å²) in [6.07, 6.45) is 1.04. The topological polar surface area (TPSA) is 49.8 Å². The molecule has 0 aliphatic heterocycles. The van der Waals surface area contributed by atoms with E-state index in [9.17, 15) is 0 Å². The van der Waals surface area contributed by atoms with Gasteiger partial charge in [0.05, 0.1) is 12.0 Å². The summed E-state index contributed by atoms with van der Waals surface area (Å²) in [5.74, 6) is 0.495. The van der Waals surface area contributed by atoms with E-state index in [2.05, 4.69) is 19.9 Å². The van der Waals surface area contributed by atoms with Crippen molar-refractivity contribution < 1.29 is 0 Å². The average Bonchev–Trinajstić information content (AvgIpc) is 1.90. The van der Waals surface area contributed by atoms with Crippen molar-refractivity contribution in [3.8, 4) is 6.07 Å². The molecule has 0 aromatic carbocycles. The molecule has 0 bridgehead atoms. The first-order valence-electron chi connectivity index (χ1n) is 3.35. The van der Waals surface area contributed by atoms with E-state index in [0.717, 1.165) is 6.42 Å². The van der Waals surface area contributed by atoms with Gasteiger partial charge in [0, 0.05) is 6.54 Å². The molecule has 0 heterocycles. The molecule has 9 heavy (non-hydrogen) atoms. The molecule has 2 N–H and O–H groups in total. The third-order valence-electron chi connectivity index (χ3n) is 1.75. The SMILES string of the molecule is CCC(C)C(C#N)CN. The second-order valence-electron chi connectivity index (χ2n) is 2.36. The van der Waals surface area contributed by atoms with Crippen molar-refractivity contribution in [3.05, 3.63) is 0 Å². The summed E-state index contributed by atoms with van der Waals surface area (Å²) in [7, 11) is 0. The third-order valence-corrected chi connectivity index (χ3v) is 1.75. The Balaban J connectivity index is 3.68. The second-order valence-corrected chi connectivity index (χ2v) is 2.36. The minimum Gasteiger partial charge on any atom is -0.329 e. The molecule has 0 aliphatic rings. The predicted octanol–water partition coefficient (Wildman–Crippen LogP) is 1.13. The first-order chi connectivity index (χ1) is 4.26. The lowest BCUT2D eigenvalue weighted by Crippen LogP contribution is -2.19. The smallest absolute Gasteiger partial charge is 0.0671 e. The van der Waals surface area contributed by atoms with Crippen LogP contribution in [-0.2, 0) is 0 Å². The van der Waals surface area contributed by atoms with Crippen molar-refractivity contribution in [2.75, 3.05) is 6.54 Å². The van der Waals surface area contributed by atoms with Crippen molar-refractivity contribution in [1.82, 2.24) is 0 Å². The Labute approximate surface area is 56.7 Å². The van der Waals surface area contributed by atoms with Gasteiger partial charge in [-0.1, -0.05) is 20.3 Å². The van der Waals surface area contributed by atoms with Gasteiger partial charge in [-0.05, 0) is 5.92 Å². The van der Waals surface area contributed by atoms with Gasteiger partial charge >= 0.3 is 0 Å². The lowest BCUT2D eigenvalue weighted by Gasteiger charge is -2.11. The largest absolute Gasteiger partial charge is 0.329 e. The van der Waals surface area contributed by atoms with Crippen LogP contribution in [0.2, 0.25) is 0 Å². The molecule has 0 amide bonds. The number of rotatable bonds is 3. The molecule has 0 rings (SSSR count). The van der Waals surface area contributed by atoms with E-state index < -0.39 is 0 Å². The van der Waals surface area contributed by atoms with Crippen molar-refractivity contribution in [2.45, 2.75) is 20.3 Å². The van der Waals surface area contributed by atoms with Gasteiger partial charge in [-0.2, -0.15) is 5.26 Å². The summed E-state index contributed by atoms with van der Waals surface area (Å²) in [6, 6.07) is 2.18. The van der Waals surface area contributed by atoms with Crippen LogP contribution in [-0.4, -0.2) is 6.54 Å². The molecule has 0 spiro atoms. The van der Waals surface area contributed by atoms with Crippen LogP contribution in [0, 0.1) is 23.2 Å². The van der Waals surface area contributed by atoms with Crippen LogP contribution >= 0.6 is 0 Å². The Bertz CT molecular complexity index is 104. The summed E-state index contributed by atoms with van der Waals surface area (Å²) in [5, 5.41) is 8.50. The summed E-state index contributed by atoms with van der Waals surface area (Å²) in [4.78, 5) is 0. The van der Waals surface area contributed by atoms with Crippen molar-refractivity contribution in [1.29, 1.82) is 5.26 Å². The van der Waals surface area contributed by atoms with Gasteiger partial charge in [0.2, 0.25) is 0 Å². The Morgan fingerprint density at radius 2 is 2.22 bits per heavy atom. The monoisotopic (exact) mass is 126 g/mol. The first-order valence-corrected chi connectivity index (χ1v) is 3.35. The number of hydrogen-bond donors (Lipinski definition) is 1. The Morgan fingerprint density at radius 3 is 2.33 bits per heavy atom. The van der Waals surface area contributed by atoms with Crippen LogP contribution in [0.15, 0.2) is 0 Å². The van der Waals surface area contributed by atoms with E-state index in [4.69, 9.17) is 11.0 Å². The molecule has 2 heteroatoms. The van der Waals surface area contributed by atoms with Crippen LogP contribution in [0.25, 0.3) is 0 Å². The highest BCUT2D eigenvalue weighted by Gasteiger charge is 2.11. The lowest BCUT2D eigenvalue weighted by atomic mass is 9.93. The maximum atomic E-state index is 8.50. The van der Waals surface area contributed by atoms with Gasteiger partial charge in [0.15, 0.2) is 0 Å². The summed E-state index contributed by atoms with van der Waals surface area (Å²) >= 11 is 0. The lowest BCUT2D eigenvalue weighted by molar-refractivity contribution is 0.433. The molecule has 0 fully saturated rings. The van der Waals surface area contributed by atoms with E-state index in [-0.39, 0.29) is 5.92 Å². The maximum absolute atomic E-state index is 8.50. The zero-order valence-electron chi connectivity index (χ0n) is 6.09. The maximum Gasteiger partial charge on any atom is 0.0671 e. The van der Waals surface area contributed by atoms with Gasteiger partial charge in [-0.3, -0.25) is 0 Å². The minimum absolute atomic E-state index is 0.0509. The highest BCUT2D eigenvalue weighted by Crippen LogP contribution is 2.11. The Kier molecular flexibility index (Phi) is 4.08. The quantitative estimate of drug-likeness (QED) is 0.616. The summed E-state index contributed by atoms with van der Waals surface area (Å²) in [5.41, 5.74) is 5.34. The van der Waals surface area contributed by atoms with Gasteiger partial charge in [-0.25, -0.2) is 0 Å². The molecule has 2 nitrogen and oxygen atoms in total. The number of hydrogen-bond acceptors (Lipinski definition) is 2. The third kappa shape index (κ3) is 2.48. The van der Waals surface area contributed by atoms with Crippen molar-refractivity contribution >= 4 is 0 Å². The molecule has 0 aromatic rings. The zero-order chi connectivity index (χ0) is 7.28. The van der Waals surface area contributed by atoms with E-state index in [1.54, 1.807) is 0 Å². The normalized spacial score (nSPS) is 16.2. The fourth-order valence-corrected chi connectivity index (χ4v) is 0.697. The molecular weight excluding hydrogens is 112 g/mol. The van der Waals surface area contributed by atoms with Crippen molar-refractivity contribution in [3.63, 3.8) is 0 Å². The van der Waals surface area contributed by atoms with Gasteiger partial charge in [0.25, 0.3) is 0 Å². The number of nitrogens with two attached hydrogens (primary N) is 1. The van der Waals surface area contributed by atoms with E-state index >= 15 is 0 Å². The summed E-state index contributed by atoms with van der Waals surface area (Å²) in [6.45, 7) is 4.62. The molecule has 2 atom stereocenters. The fraction of sp³-hybridized carbons (Fsp3) is 0.857. The van der Waals surface area contributed by atoms with E-state index in [0.29, 0.717) is 12.5 Å². The molecule has 52 valence electrons. The molecule has 0 saturated heterocycles. The van der Waals surface area contributed by atoms with Crippen molar-refractivity contribution in [2.24, 2.45) is 17.6 Å². The summed E-state index contributed by atoms with van der Waals surface area (Å²) < 4.78 is 0. The van der Waals surface area contributed by atoms with Gasteiger partial charge in [-0.15, -0.1) is 0 Å². The molecule has 2 unspecified atom stereocenters. The average molecular weight is 126 g/mol. The highest BCUT2D eigenvalue weighted by molar-refractivity contribution is 4.86. The van der Waals surface area contributed by atoms with Crippen LogP contribution in [0.1, 0.15) is 20.3 Å². The fourth-order valence-electron chi connectivity index (χ4n) is 0.697. The Hall–Kier alpha value is -0.550. The standard InChI is InChI=1S/C7H14N2/c1-3-6(2)7(4-8)5-9/h6-7H,3-4,8H2,1-2H3. The molecular formula is C7H14N2. The second kappa shape index (κ2) is 4.34. The van der Waals surface area contributed by atoms with Gasteiger partial charge in [0.1, 0.15) is 0 Å². The molecule has 0 saturated carbocycles. The highest BCUT2D eigenvalue weighted by atomic mass is 14.6. The zero-order valence-corrected chi connectivity index (χ0v) is 6.09. The Morgan fingerprint density at radius 1 is 1.67 bits per heavy atom.